The quantitative estimate of drug-likeness (QED) is 0.541. The van der Waals surface area contributed by atoms with Gasteiger partial charge in [0.05, 0.1) is 5.56 Å². The molecular formula is C19H15FO4. The summed E-state index contributed by atoms with van der Waals surface area (Å²) in [5, 5.41) is 0.694. The van der Waals surface area contributed by atoms with Crippen molar-refractivity contribution in [3.05, 3.63) is 81.0 Å². The summed E-state index contributed by atoms with van der Waals surface area (Å²) in [6.07, 6.45) is 0. The lowest BCUT2D eigenvalue weighted by atomic mass is 10.0. The molecule has 0 saturated heterocycles. The maximum atomic E-state index is 13.6. The fourth-order valence-electron chi connectivity index (χ4n) is 2.45. The molecule has 122 valence electrons. The van der Waals surface area contributed by atoms with Gasteiger partial charge in [0, 0.05) is 17.0 Å². The summed E-state index contributed by atoms with van der Waals surface area (Å²) in [5.74, 6) is -1.43. The van der Waals surface area contributed by atoms with Gasteiger partial charge in [-0.15, -0.1) is 0 Å². The van der Waals surface area contributed by atoms with Crippen LogP contribution in [0.3, 0.4) is 0 Å². The van der Waals surface area contributed by atoms with Crippen LogP contribution >= 0.6 is 0 Å². The number of fused-ring (bicyclic) bond motifs is 1. The summed E-state index contributed by atoms with van der Waals surface area (Å²) >= 11 is 0. The highest BCUT2D eigenvalue weighted by molar-refractivity contribution is 5.90. The van der Waals surface area contributed by atoms with Gasteiger partial charge < -0.3 is 9.15 Å². The van der Waals surface area contributed by atoms with E-state index >= 15 is 0 Å². The Kier molecular flexibility index (Phi) is 4.16. The fraction of sp³-hybridized carbons (Fsp3) is 0.158. The molecule has 5 heteroatoms. The minimum Gasteiger partial charge on any atom is -0.457 e. The molecule has 0 aliphatic heterocycles. The lowest BCUT2D eigenvalue weighted by molar-refractivity contribution is 0.0468. The maximum absolute atomic E-state index is 13.6. The van der Waals surface area contributed by atoms with Crippen LogP contribution in [0.2, 0.25) is 0 Å². The van der Waals surface area contributed by atoms with E-state index in [1.807, 2.05) is 19.9 Å². The second-order valence-corrected chi connectivity index (χ2v) is 5.58. The molecule has 1 heterocycles. The molecule has 2 aromatic carbocycles. The van der Waals surface area contributed by atoms with Crippen molar-refractivity contribution in [3.63, 3.8) is 0 Å². The van der Waals surface area contributed by atoms with Gasteiger partial charge in [-0.3, -0.25) is 0 Å². The Labute approximate surface area is 137 Å². The van der Waals surface area contributed by atoms with Crippen molar-refractivity contribution in [1.82, 2.24) is 0 Å². The number of carbonyl (C=O) groups is 1. The summed E-state index contributed by atoms with van der Waals surface area (Å²) in [4.78, 5) is 23.7. The molecule has 3 rings (SSSR count). The van der Waals surface area contributed by atoms with Crippen molar-refractivity contribution in [3.8, 4) is 0 Å². The predicted octanol–water partition coefficient (Wildman–Crippen LogP) is 3.91. The fourth-order valence-corrected chi connectivity index (χ4v) is 2.45. The van der Waals surface area contributed by atoms with Crippen molar-refractivity contribution in [2.75, 3.05) is 0 Å². The molecule has 0 fully saturated rings. The monoisotopic (exact) mass is 326 g/mol. The van der Waals surface area contributed by atoms with E-state index in [0.717, 1.165) is 11.1 Å². The third kappa shape index (κ3) is 3.06. The molecule has 0 amide bonds. The predicted molar refractivity (Wildman–Crippen MR) is 87.5 cm³/mol. The third-order valence-electron chi connectivity index (χ3n) is 3.90. The molecule has 0 atom stereocenters. The zero-order valence-corrected chi connectivity index (χ0v) is 13.3. The molecule has 0 saturated carbocycles. The molecule has 0 unspecified atom stereocenters. The van der Waals surface area contributed by atoms with Crippen LogP contribution in [-0.4, -0.2) is 5.97 Å². The summed E-state index contributed by atoms with van der Waals surface area (Å²) in [7, 11) is 0. The molecule has 1 aromatic heterocycles. The van der Waals surface area contributed by atoms with Gasteiger partial charge in [0.2, 0.25) is 0 Å². The molecular weight excluding hydrogens is 311 g/mol. The van der Waals surface area contributed by atoms with E-state index in [2.05, 4.69) is 0 Å². The van der Waals surface area contributed by atoms with Gasteiger partial charge in [-0.25, -0.2) is 14.0 Å². The van der Waals surface area contributed by atoms with Crippen molar-refractivity contribution in [1.29, 1.82) is 0 Å². The van der Waals surface area contributed by atoms with Gasteiger partial charge in [0.25, 0.3) is 0 Å². The van der Waals surface area contributed by atoms with Crippen molar-refractivity contribution >= 4 is 16.9 Å². The van der Waals surface area contributed by atoms with Crippen molar-refractivity contribution < 1.29 is 18.3 Å². The Morgan fingerprint density at radius 3 is 2.58 bits per heavy atom. The lowest BCUT2D eigenvalue weighted by Gasteiger charge is -2.09. The van der Waals surface area contributed by atoms with E-state index in [9.17, 15) is 14.0 Å². The molecule has 0 spiro atoms. The summed E-state index contributed by atoms with van der Waals surface area (Å²) in [5.41, 5.74) is 2.31. The van der Waals surface area contributed by atoms with E-state index in [-0.39, 0.29) is 12.2 Å². The third-order valence-corrected chi connectivity index (χ3v) is 3.90. The highest BCUT2D eigenvalue weighted by Gasteiger charge is 2.14. The van der Waals surface area contributed by atoms with Crippen LogP contribution in [0.1, 0.15) is 27.0 Å². The molecule has 0 bridgehead atoms. The minimum atomic E-state index is -0.779. The first-order valence-corrected chi connectivity index (χ1v) is 7.41. The minimum absolute atomic E-state index is 0.141. The van der Waals surface area contributed by atoms with Crippen LogP contribution < -0.4 is 5.63 Å². The van der Waals surface area contributed by atoms with E-state index in [1.165, 1.54) is 24.3 Å². The number of aryl methyl sites for hydroxylation is 2. The van der Waals surface area contributed by atoms with Gasteiger partial charge in [-0.1, -0.05) is 12.1 Å². The standard InChI is InChI=1S/C19H15FO4/c1-11-7-15-13(9-18(21)24-17(15)8-12(11)2)10-23-19(22)14-5-3-4-6-16(14)20/h3-9H,10H2,1-2H3. The Morgan fingerprint density at radius 2 is 1.83 bits per heavy atom. The maximum Gasteiger partial charge on any atom is 0.341 e. The van der Waals surface area contributed by atoms with E-state index in [4.69, 9.17) is 9.15 Å². The normalized spacial score (nSPS) is 10.8. The summed E-state index contributed by atoms with van der Waals surface area (Å²) in [6, 6.07) is 10.5. The Balaban J connectivity index is 1.93. The zero-order valence-electron chi connectivity index (χ0n) is 13.3. The number of hydrogen-bond acceptors (Lipinski definition) is 4. The first-order valence-electron chi connectivity index (χ1n) is 7.41. The van der Waals surface area contributed by atoms with Crippen molar-refractivity contribution in [2.24, 2.45) is 0 Å². The summed E-state index contributed by atoms with van der Waals surface area (Å²) < 4.78 is 24.0. The zero-order chi connectivity index (χ0) is 17.3. The molecule has 24 heavy (non-hydrogen) atoms. The number of carbonyl (C=O) groups excluding carboxylic acids is 1. The molecule has 0 N–H and O–H groups in total. The smallest absolute Gasteiger partial charge is 0.341 e. The van der Waals surface area contributed by atoms with Crippen LogP contribution in [0.4, 0.5) is 4.39 Å². The van der Waals surface area contributed by atoms with Crippen LogP contribution in [0, 0.1) is 19.7 Å². The molecule has 3 aromatic rings. The van der Waals surface area contributed by atoms with Gasteiger partial charge in [-0.05, 0) is 49.2 Å². The number of halogens is 1. The van der Waals surface area contributed by atoms with Gasteiger partial charge in [0.15, 0.2) is 0 Å². The van der Waals surface area contributed by atoms with Gasteiger partial charge in [0.1, 0.15) is 18.0 Å². The van der Waals surface area contributed by atoms with E-state index in [1.54, 1.807) is 12.1 Å². The molecule has 0 aliphatic rings. The van der Waals surface area contributed by atoms with Crippen LogP contribution in [-0.2, 0) is 11.3 Å². The highest BCUT2D eigenvalue weighted by Crippen LogP contribution is 2.22. The largest absolute Gasteiger partial charge is 0.457 e. The molecule has 0 radical (unpaired) electrons. The topological polar surface area (TPSA) is 56.5 Å². The summed E-state index contributed by atoms with van der Waals surface area (Å²) in [6.45, 7) is 3.71. The van der Waals surface area contributed by atoms with Gasteiger partial charge in [-0.2, -0.15) is 0 Å². The average Bonchev–Trinajstić information content (AvgIpc) is 2.54. The van der Waals surface area contributed by atoms with E-state index < -0.39 is 17.4 Å². The highest BCUT2D eigenvalue weighted by atomic mass is 19.1. The Bertz CT molecular complexity index is 988. The first kappa shape index (κ1) is 15.9. The molecule has 4 nitrogen and oxygen atoms in total. The number of rotatable bonds is 3. The number of benzene rings is 2. The Morgan fingerprint density at radius 1 is 1.12 bits per heavy atom. The lowest BCUT2D eigenvalue weighted by Crippen LogP contribution is -2.09. The average molecular weight is 326 g/mol. The SMILES string of the molecule is Cc1cc2oc(=O)cc(COC(=O)c3ccccc3F)c2cc1C. The number of ether oxygens (including phenoxy) is 1. The van der Waals surface area contributed by atoms with Crippen LogP contribution in [0.15, 0.2) is 51.7 Å². The van der Waals surface area contributed by atoms with Crippen molar-refractivity contribution in [2.45, 2.75) is 20.5 Å². The second-order valence-electron chi connectivity index (χ2n) is 5.58. The van der Waals surface area contributed by atoms with Crippen LogP contribution in [0.5, 0.6) is 0 Å². The van der Waals surface area contributed by atoms with Gasteiger partial charge >= 0.3 is 11.6 Å². The Hall–Kier alpha value is -2.95. The molecule has 0 aliphatic carbocycles. The number of hydrogen-bond donors (Lipinski definition) is 0. The van der Waals surface area contributed by atoms with Crippen LogP contribution in [0.25, 0.3) is 11.0 Å². The van der Waals surface area contributed by atoms with E-state index in [0.29, 0.717) is 16.5 Å². The number of esters is 1. The first-order chi connectivity index (χ1) is 11.5. The second kappa shape index (κ2) is 6.28.